The van der Waals surface area contributed by atoms with Gasteiger partial charge in [-0.15, -0.1) is 0 Å². The lowest BCUT2D eigenvalue weighted by Crippen LogP contribution is -2.30. The molecule has 1 aromatic carbocycles. The fourth-order valence-electron chi connectivity index (χ4n) is 1.74. The van der Waals surface area contributed by atoms with E-state index in [0.29, 0.717) is 16.5 Å². The Balaban J connectivity index is 2.10. The third-order valence-electron chi connectivity index (χ3n) is 2.77. The average Bonchev–Trinajstić information content (AvgIpc) is 2.42. The second kappa shape index (κ2) is 6.54. The normalized spacial score (nSPS) is 10.5. The summed E-state index contributed by atoms with van der Waals surface area (Å²) in [6.07, 6.45) is 3.00. The molecule has 1 amide bonds. The average molecular weight is 305 g/mol. The Kier molecular flexibility index (Phi) is 4.75. The molecule has 0 unspecified atom stereocenters. The van der Waals surface area contributed by atoms with Gasteiger partial charge in [-0.3, -0.25) is 4.79 Å². The molecule has 0 saturated carbocycles. The molecular formula is C15H17ClN4O. The van der Waals surface area contributed by atoms with Crippen LogP contribution in [0.4, 0.5) is 11.6 Å². The van der Waals surface area contributed by atoms with E-state index >= 15 is 0 Å². The van der Waals surface area contributed by atoms with Crippen molar-refractivity contribution in [3.8, 4) is 0 Å². The molecular weight excluding hydrogens is 288 g/mol. The van der Waals surface area contributed by atoms with Gasteiger partial charge in [0.2, 0.25) is 5.95 Å². The highest BCUT2D eigenvalue weighted by atomic mass is 35.5. The van der Waals surface area contributed by atoms with Gasteiger partial charge in [0.25, 0.3) is 5.91 Å². The van der Waals surface area contributed by atoms with Crippen molar-refractivity contribution in [3.63, 3.8) is 0 Å². The zero-order valence-electron chi connectivity index (χ0n) is 12.1. The highest BCUT2D eigenvalue weighted by Gasteiger charge is 2.08. The molecule has 2 rings (SSSR count). The maximum Gasteiger partial charge on any atom is 0.254 e. The Morgan fingerprint density at radius 1 is 1.24 bits per heavy atom. The van der Waals surface area contributed by atoms with E-state index in [1.165, 1.54) is 12.4 Å². The van der Waals surface area contributed by atoms with Crippen LogP contribution in [0.25, 0.3) is 0 Å². The SMILES string of the molecule is Cc1cc(Cl)ccc1Nc1ncc(C(=O)NC(C)C)cn1. The molecule has 6 heteroatoms. The number of amides is 1. The molecule has 0 radical (unpaired) electrons. The lowest BCUT2D eigenvalue weighted by molar-refractivity contribution is 0.0942. The van der Waals surface area contributed by atoms with E-state index in [4.69, 9.17) is 11.6 Å². The van der Waals surface area contributed by atoms with Crippen LogP contribution in [0.5, 0.6) is 0 Å². The van der Waals surface area contributed by atoms with Crippen LogP contribution in [0, 0.1) is 6.92 Å². The first-order chi connectivity index (χ1) is 9.95. The minimum Gasteiger partial charge on any atom is -0.350 e. The molecule has 1 aromatic heterocycles. The number of hydrogen-bond acceptors (Lipinski definition) is 4. The van der Waals surface area contributed by atoms with Gasteiger partial charge in [0.1, 0.15) is 0 Å². The summed E-state index contributed by atoms with van der Waals surface area (Å²) in [5.41, 5.74) is 2.30. The van der Waals surface area contributed by atoms with Gasteiger partial charge in [-0.25, -0.2) is 9.97 Å². The first kappa shape index (κ1) is 15.3. The van der Waals surface area contributed by atoms with Crippen molar-refractivity contribution >= 4 is 29.1 Å². The summed E-state index contributed by atoms with van der Waals surface area (Å²) in [5, 5.41) is 6.56. The van der Waals surface area contributed by atoms with Gasteiger partial charge >= 0.3 is 0 Å². The van der Waals surface area contributed by atoms with Crippen LogP contribution in [-0.2, 0) is 0 Å². The van der Waals surface area contributed by atoms with Crippen LogP contribution < -0.4 is 10.6 Å². The first-order valence-electron chi connectivity index (χ1n) is 6.62. The van der Waals surface area contributed by atoms with Gasteiger partial charge in [-0.05, 0) is 44.5 Å². The lowest BCUT2D eigenvalue weighted by atomic mass is 10.2. The largest absolute Gasteiger partial charge is 0.350 e. The number of rotatable bonds is 4. The predicted octanol–water partition coefficient (Wildman–Crippen LogP) is 3.32. The van der Waals surface area contributed by atoms with Gasteiger partial charge in [0.05, 0.1) is 5.56 Å². The van der Waals surface area contributed by atoms with E-state index in [0.717, 1.165) is 11.3 Å². The molecule has 0 bridgehead atoms. The minimum atomic E-state index is -0.181. The number of anilines is 2. The van der Waals surface area contributed by atoms with Crippen molar-refractivity contribution in [1.82, 2.24) is 15.3 Å². The third kappa shape index (κ3) is 4.16. The quantitative estimate of drug-likeness (QED) is 0.909. The molecule has 1 heterocycles. The van der Waals surface area contributed by atoms with Crippen molar-refractivity contribution in [2.75, 3.05) is 5.32 Å². The van der Waals surface area contributed by atoms with Crippen LogP contribution in [0.15, 0.2) is 30.6 Å². The number of benzene rings is 1. The van der Waals surface area contributed by atoms with Crippen LogP contribution in [0.2, 0.25) is 5.02 Å². The Hall–Kier alpha value is -2.14. The molecule has 0 aliphatic rings. The number of hydrogen-bond donors (Lipinski definition) is 2. The number of carbonyl (C=O) groups excluding carboxylic acids is 1. The molecule has 2 aromatic rings. The summed E-state index contributed by atoms with van der Waals surface area (Å²) < 4.78 is 0. The summed E-state index contributed by atoms with van der Waals surface area (Å²) in [5.74, 6) is 0.251. The van der Waals surface area contributed by atoms with Crippen molar-refractivity contribution in [2.45, 2.75) is 26.8 Å². The minimum absolute atomic E-state index is 0.0759. The zero-order valence-corrected chi connectivity index (χ0v) is 12.9. The fourth-order valence-corrected chi connectivity index (χ4v) is 1.97. The van der Waals surface area contributed by atoms with Crippen LogP contribution in [0.3, 0.4) is 0 Å². The van der Waals surface area contributed by atoms with Gasteiger partial charge in [0, 0.05) is 29.1 Å². The Morgan fingerprint density at radius 3 is 2.48 bits per heavy atom. The molecule has 0 aliphatic heterocycles. The second-order valence-corrected chi connectivity index (χ2v) is 5.44. The van der Waals surface area contributed by atoms with Crippen molar-refractivity contribution in [3.05, 3.63) is 46.7 Å². The van der Waals surface area contributed by atoms with Crippen LogP contribution in [-0.4, -0.2) is 21.9 Å². The summed E-state index contributed by atoms with van der Waals surface area (Å²) in [6.45, 7) is 5.74. The summed E-state index contributed by atoms with van der Waals surface area (Å²) in [7, 11) is 0. The maximum atomic E-state index is 11.8. The topological polar surface area (TPSA) is 66.9 Å². The van der Waals surface area contributed by atoms with E-state index in [1.54, 1.807) is 6.07 Å². The molecule has 21 heavy (non-hydrogen) atoms. The summed E-state index contributed by atoms with van der Waals surface area (Å²) in [4.78, 5) is 20.1. The van der Waals surface area contributed by atoms with Crippen LogP contribution >= 0.6 is 11.6 Å². The second-order valence-electron chi connectivity index (χ2n) is 5.01. The number of aryl methyl sites for hydroxylation is 1. The maximum absolute atomic E-state index is 11.8. The fraction of sp³-hybridized carbons (Fsp3) is 0.267. The van der Waals surface area contributed by atoms with Gasteiger partial charge < -0.3 is 10.6 Å². The number of halogens is 1. The zero-order chi connectivity index (χ0) is 15.4. The van der Waals surface area contributed by atoms with E-state index in [9.17, 15) is 4.79 Å². The molecule has 0 spiro atoms. The van der Waals surface area contributed by atoms with Crippen molar-refractivity contribution in [1.29, 1.82) is 0 Å². The smallest absolute Gasteiger partial charge is 0.254 e. The van der Waals surface area contributed by atoms with E-state index in [2.05, 4.69) is 20.6 Å². The Morgan fingerprint density at radius 2 is 1.90 bits per heavy atom. The number of carbonyl (C=O) groups is 1. The van der Waals surface area contributed by atoms with Gasteiger partial charge in [-0.1, -0.05) is 11.6 Å². The first-order valence-corrected chi connectivity index (χ1v) is 6.99. The standard InChI is InChI=1S/C15H17ClN4O/c1-9(2)19-14(21)11-7-17-15(18-8-11)20-13-5-4-12(16)6-10(13)3/h4-9H,1-3H3,(H,19,21)(H,17,18,20). The molecule has 0 saturated heterocycles. The third-order valence-corrected chi connectivity index (χ3v) is 3.00. The Bertz CT molecular complexity index is 641. The van der Waals surface area contributed by atoms with Crippen LogP contribution in [0.1, 0.15) is 29.8 Å². The van der Waals surface area contributed by atoms with E-state index in [-0.39, 0.29) is 11.9 Å². The van der Waals surface area contributed by atoms with Crippen molar-refractivity contribution < 1.29 is 4.79 Å². The number of aromatic nitrogens is 2. The highest BCUT2D eigenvalue weighted by molar-refractivity contribution is 6.30. The predicted molar refractivity (Wildman–Crippen MR) is 84.1 cm³/mol. The van der Waals surface area contributed by atoms with Gasteiger partial charge in [0.15, 0.2) is 0 Å². The molecule has 110 valence electrons. The summed E-state index contributed by atoms with van der Waals surface area (Å²) in [6, 6.07) is 5.59. The molecule has 0 atom stereocenters. The van der Waals surface area contributed by atoms with Gasteiger partial charge in [-0.2, -0.15) is 0 Å². The molecule has 5 nitrogen and oxygen atoms in total. The van der Waals surface area contributed by atoms with E-state index < -0.39 is 0 Å². The number of nitrogens with one attached hydrogen (secondary N) is 2. The molecule has 0 aliphatic carbocycles. The lowest BCUT2D eigenvalue weighted by Gasteiger charge is -2.10. The number of nitrogens with zero attached hydrogens (tertiary/aromatic N) is 2. The highest BCUT2D eigenvalue weighted by Crippen LogP contribution is 2.21. The molecule has 0 fully saturated rings. The van der Waals surface area contributed by atoms with Crippen molar-refractivity contribution in [2.24, 2.45) is 0 Å². The molecule has 2 N–H and O–H groups in total. The monoisotopic (exact) mass is 304 g/mol. The Labute approximate surface area is 128 Å². The summed E-state index contributed by atoms with van der Waals surface area (Å²) >= 11 is 5.91. The van der Waals surface area contributed by atoms with E-state index in [1.807, 2.05) is 32.9 Å².